The molecule has 0 N–H and O–H groups in total. The van der Waals surface area contributed by atoms with E-state index >= 15 is 0 Å². The number of hydrogen-bond acceptors (Lipinski definition) is 4. The first-order valence-corrected chi connectivity index (χ1v) is 10.4. The molecule has 5 heteroatoms. The molecular weight excluding hydrogens is 380 g/mol. The zero-order chi connectivity index (χ0) is 20.2. The van der Waals surface area contributed by atoms with Gasteiger partial charge >= 0.3 is 0 Å². The SMILES string of the molecule is CCOc1ccc(C(=O)N(Cc2ccccc2)c2nc3ccc(C)cc3s2)cc1. The zero-order valence-corrected chi connectivity index (χ0v) is 17.3. The van der Waals surface area contributed by atoms with Crippen molar-refractivity contribution in [3.8, 4) is 5.75 Å². The lowest BCUT2D eigenvalue weighted by molar-refractivity contribution is 0.0985. The predicted molar refractivity (Wildman–Crippen MR) is 119 cm³/mol. The summed E-state index contributed by atoms with van der Waals surface area (Å²) in [7, 11) is 0. The molecule has 4 nitrogen and oxygen atoms in total. The highest BCUT2D eigenvalue weighted by Gasteiger charge is 2.22. The first-order valence-electron chi connectivity index (χ1n) is 9.60. The monoisotopic (exact) mass is 402 g/mol. The molecule has 4 rings (SSSR count). The predicted octanol–water partition coefficient (Wildman–Crippen LogP) is 5.85. The summed E-state index contributed by atoms with van der Waals surface area (Å²) in [6, 6.07) is 23.4. The van der Waals surface area contributed by atoms with E-state index in [4.69, 9.17) is 9.72 Å². The van der Waals surface area contributed by atoms with Gasteiger partial charge in [-0.25, -0.2) is 4.98 Å². The van der Waals surface area contributed by atoms with Crippen molar-refractivity contribution in [3.05, 3.63) is 89.5 Å². The van der Waals surface area contributed by atoms with Gasteiger partial charge in [-0.2, -0.15) is 0 Å². The van der Waals surface area contributed by atoms with Gasteiger partial charge in [0.05, 0.1) is 23.4 Å². The Balaban J connectivity index is 1.71. The van der Waals surface area contributed by atoms with E-state index < -0.39 is 0 Å². The van der Waals surface area contributed by atoms with E-state index in [1.54, 1.807) is 16.2 Å². The standard InChI is InChI=1S/C24H22N2O2S/c1-3-28-20-12-10-19(11-13-20)23(27)26(16-18-7-5-4-6-8-18)24-25-21-14-9-17(2)15-22(21)29-24/h4-15H,3,16H2,1-2H3. The smallest absolute Gasteiger partial charge is 0.260 e. The highest BCUT2D eigenvalue weighted by molar-refractivity contribution is 7.22. The second kappa shape index (κ2) is 8.45. The van der Waals surface area contributed by atoms with Crippen LogP contribution in [0.4, 0.5) is 5.13 Å². The first kappa shape index (κ1) is 19.2. The maximum atomic E-state index is 13.4. The van der Waals surface area contributed by atoms with Crippen LogP contribution in [0.2, 0.25) is 0 Å². The highest BCUT2D eigenvalue weighted by atomic mass is 32.1. The molecule has 0 aliphatic heterocycles. The largest absolute Gasteiger partial charge is 0.494 e. The number of aromatic nitrogens is 1. The van der Waals surface area contributed by atoms with E-state index in [0.29, 0.717) is 23.8 Å². The molecule has 1 heterocycles. The minimum Gasteiger partial charge on any atom is -0.494 e. The molecule has 29 heavy (non-hydrogen) atoms. The second-order valence-corrected chi connectivity index (χ2v) is 7.81. The number of thiazole rings is 1. The van der Waals surface area contributed by atoms with Gasteiger partial charge in [-0.15, -0.1) is 0 Å². The van der Waals surface area contributed by atoms with E-state index in [1.165, 1.54) is 5.56 Å². The van der Waals surface area contributed by atoms with Crippen LogP contribution in [-0.2, 0) is 6.54 Å². The number of nitrogens with zero attached hydrogens (tertiary/aromatic N) is 2. The third-order valence-electron chi connectivity index (χ3n) is 4.60. The number of benzene rings is 3. The molecule has 0 bridgehead atoms. The Morgan fingerprint density at radius 2 is 1.79 bits per heavy atom. The number of fused-ring (bicyclic) bond motifs is 1. The van der Waals surface area contributed by atoms with Gasteiger partial charge < -0.3 is 4.74 Å². The van der Waals surface area contributed by atoms with E-state index in [-0.39, 0.29) is 5.91 Å². The van der Waals surface area contributed by atoms with Gasteiger partial charge in [-0.3, -0.25) is 9.69 Å². The van der Waals surface area contributed by atoms with E-state index in [1.807, 2.05) is 73.7 Å². The molecule has 0 aliphatic rings. The van der Waals surface area contributed by atoms with Crippen LogP contribution in [0.1, 0.15) is 28.4 Å². The van der Waals surface area contributed by atoms with Crippen molar-refractivity contribution >= 4 is 32.6 Å². The summed E-state index contributed by atoms with van der Waals surface area (Å²) in [5.74, 6) is 0.682. The van der Waals surface area contributed by atoms with Gasteiger partial charge in [-0.05, 0) is 61.4 Å². The summed E-state index contributed by atoms with van der Waals surface area (Å²) in [5.41, 5.74) is 3.76. The number of amides is 1. The fraction of sp³-hybridized carbons (Fsp3) is 0.167. The molecule has 0 spiro atoms. The number of carbonyl (C=O) groups is 1. The molecule has 1 aromatic heterocycles. The lowest BCUT2D eigenvalue weighted by Crippen LogP contribution is -2.30. The van der Waals surface area contributed by atoms with Gasteiger partial charge in [0.2, 0.25) is 0 Å². The molecule has 3 aromatic carbocycles. The van der Waals surface area contributed by atoms with Crippen LogP contribution in [0.25, 0.3) is 10.2 Å². The second-order valence-electron chi connectivity index (χ2n) is 6.80. The molecule has 0 aliphatic carbocycles. The van der Waals surface area contributed by atoms with Gasteiger partial charge in [0.15, 0.2) is 5.13 Å². The number of aryl methyl sites for hydroxylation is 1. The molecule has 0 fully saturated rings. The Morgan fingerprint density at radius 1 is 1.03 bits per heavy atom. The van der Waals surface area contributed by atoms with Gasteiger partial charge in [0, 0.05) is 5.56 Å². The summed E-state index contributed by atoms with van der Waals surface area (Å²) >= 11 is 1.54. The summed E-state index contributed by atoms with van der Waals surface area (Å²) in [4.78, 5) is 19.9. The van der Waals surface area contributed by atoms with Crippen molar-refractivity contribution < 1.29 is 9.53 Å². The van der Waals surface area contributed by atoms with Crippen molar-refractivity contribution in [2.24, 2.45) is 0 Å². The fourth-order valence-corrected chi connectivity index (χ4v) is 4.21. The summed E-state index contributed by atoms with van der Waals surface area (Å²) < 4.78 is 6.58. The Morgan fingerprint density at radius 3 is 2.52 bits per heavy atom. The Hall–Kier alpha value is -3.18. The molecule has 0 saturated heterocycles. The molecule has 1 amide bonds. The van der Waals surface area contributed by atoms with Crippen LogP contribution < -0.4 is 9.64 Å². The number of rotatable bonds is 6. The number of anilines is 1. The van der Waals surface area contributed by atoms with Gasteiger partial charge in [0.25, 0.3) is 5.91 Å². The zero-order valence-electron chi connectivity index (χ0n) is 16.5. The molecule has 0 unspecified atom stereocenters. The number of hydrogen-bond donors (Lipinski definition) is 0. The van der Waals surface area contributed by atoms with Crippen molar-refractivity contribution in [1.29, 1.82) is 0 Å². The Kier molecular flexibility index (Phi) is 5.58. The van der Waals surface area contributed by atoms with Gasteiger partial charge in [0.1, 0.15) is 5.75 Å². The fourth-order valence-electron chi connectivity index (χ4n) is 3.14. The topological polar surface area (TPSA) is 42.4 Å². The maximum absolute atomic E-state index is 13.4. The minimum atomic E-state index is -0.0762. The van der Waals surface area contributed by atoms with E-state index in [2.05, 4.69) is 13.0 Å². The summed E-state index contributed by atoms with van der Waals surface area (Å²) in [6.45, 7) is 5.06. The van der Waals surface area contributed by atoms with E-state index in [0.717, 1.165) is 21.5 Å². The van der Waals surface area contributed by atoms with E-state index in [9.17, 15) is 4.79 Å². The third-order valence-corrected chi connectivity index (χ3v) is 5.65. The summed E-state index contributed by atoms with van der Waals surface area (Å²) in [5, 5.41) is 0.702. The quantitative estimate of drug-likeness (QED) is 0.406. The Bertz CT molecular complexity index is 1120. The molecule has 4 aromatic rings. The lowest BCUT2D eigenvalue weighted by Gasteiger charge is -2.20. The number of ether oxygens (including phenoxy) is 1. The minimum absolute atomic E-state index is 0.0762. The lowest BCUT2D eigenvalue weighted by atomic mass is 10.1. The molecule has 0 saturated carbocycles. The maximum Gasteiger partial charge on any atom is 0.260 e. The average Bonchev–Trinajstić information content (AvgIpc) is 3.16. The van der Waals surface area contributed by atoms with Crippen molar-refractivity contribution in [2.75, 3.05) is 11.5 Å². The van der Waals surface area contributed by atoms with Crippen LogP contribution >= 0.6 is 11.3 Å². The van der Waals surface area contributed by atoms with Crippen LogP contribution in [0, 0.1) is 6.92 Å². The highest BCUT2D eigenvalue weighted by Crippen LogP contribution is 2.31. The van der Waals surface area contributed by atoms with Crippen LogP contribution in [0.15, 0.2) is 72.8 Å². The van der Waals surface area contributed by atoms with Crippen molar-refractivity contribution in [3.63, 3.8) is 0 Å². The van der Waals surface area contributed by atoms with Crippen LogP contribution in [0.3, 0.4) is 0 Å². The normalized spacial score (nSPS) is 10.8. The Labute approximate surface area is 174 Å². The molecule has 0 radical (unpaired) electrons. The first-order chi connectivity index (χ1) is 14.1. The van der Waals surface area contributed by atoms with Crippen LogP contribution in [-0.4, -0.2) is 17.5 Å². The van der Waals surface area contributed by atoms with Crippen molar-refractivity contribution in [1.82, 2.24) is 4.98 Å². The molecule has 0 atom stereocenters. The third kappa shape index (κ3) is 4.30. The van der Waals surface area contributed by atoms with Crippen molar-refractivity contribution in [2.45, 2.75) is 20.4 Å². The average molecular weight is 403 g/mol. The number of carbonyl (C=O) groups excluding carboxylic acids is 1. The molecular formula is C24H22N2O2S. The van der Waals surface area contributed by atoms with Crippen LogP contribution in [0.5, 0.6) is 5.75 Å². The van der Waals surface area contributed by atoms with Gasteiger partial charge in [-0.1, -0.05) is 47.7 Å². The molecule has 146 valence electrons. The summed E-state index contributed by atoms with van der Waals surface area (Å²) in [6.07, 6.45) is 0.